The standard InChI is InChI=1S/C15H24O/c1-3-4-6-13(2)7-5-8-14-9-11-15(16)12-10-14/h9-13,16H,3-8H2,1-2H3. The number of aromatic hydroxyl groups is 1. The van der Waals surface area contributed by atoms with Crippen LogP contribution in [-0.4, -0.2) is 5.11 Å². The van der Waals surface area contributed by atoms with E-state index in [1.165, 1.54) is 37.7 Å². The van der Waals surface area contributed by atoms with Gasteiger partial charge in [0.2, 0.25) is 0 Å². The minimum absolute atomic E-state index is 0.361. The Morgan fingerprint density at radius 3 is 2.31 bits per heavy atom. The van der Waals surface area contributed by atoms with Crippen molar-refractivity contribution in [2.24, 2.45) is 5.92 Å². The lowest BCUT2D eigenvalue weighted by atomic mass is 9.96. The van der Waals surface area contributed by atoms with Gasteiger partial charge in [-0.1, -0.05) is 51.7 Å². The van der Waals surface area contributed by atoms with Crippen molar-refractivity contribution in [1.29, 1.82) is 0 Å². The molecule has 0 aliphatic heterocycles. The van der Waals surface area contributed by atoms with Crippen LogP contribution in [0.25, 0.3) is 0 Å². The van der Waals surface area contributed by atoms with Gasteiger partial charge in [0.05, 0.1) is 0 Å². The van der Waals surface area contributed by atoms with Crippen LogP contribution in [-0.2, 0) is 6.42 Å². The maximum Gasteiger partial charge on any atom is 0.115 e. The summed E-state index contributed by atoms with van der Waals surface area (Å²) < 4.78 is 0. The first-order chi connectivity index (χ1) is 7.72. The van der Waals surface area contributed by atoms with E-state index in [1.807, 2.05) is 12.1 Å². The Bertz CT molecular complexity index is 276. The first kappa shape index (κ1) is 13.1. The van der Waals surface area contributed by atoms with Crippen LogP contribution in [0.1, 0.15) is 51.5 Å². The maximum absolute atomic E-state index is 9.17. The third kappa shape index (κ3) is 5.20. The van der Waals surface area contributed by atoms with E-state index in [0.717, 1.165) is 12.3 Å². The van der Waals surface area contributed by atoms with Crippen LogP contribution in [0, 0.1) is 5.92 Å². The average molecular weight is 220 g/mol. The van der Waals surface area contributed by atoms with Crippen molar-refractivity contribution in [3.63, 3.8) is 0 Å². The Balaban J connectivity index is 2.17. The molecule has 0 aliphatic rings. The summed E-state index contributed by atoms with van der Waals surface area (Å²) in [5.74, 6) is 1.22. The highest BCUT2D eigenvalue weighted by atomic mass is 16.3. The molecule has 90 valence electrons. The molecule has 1 rings (SSSR count). The lowest BCUT2D eigenvalue weighted by molar-refractivity contribution is 0.456. The second kappa shape index (κ2) is 7.32. The molecule has 0 amide bonds. The predicted molar refractivity (Wildman–Crippen MR) is 69.7 cm³/mol. The molecule has 0 spiro atoms. The van der Waals surface area contributed by atoms with E-state index in [4.69, 9.17) is 5.11 Å². The zero-order valence-electron chi connectivity index (χ0n) is 10.6. The van der Waals surface area contributed by atoms with Gasteiger partial charge in [-0.2, -0.15) is 0 Å². The Morgan fingerprint density at radius 2 is 1.69 bits per heavy atom. The molecule has 0 bridgehead atoms. The fourth-order valence-electron chi connectivity index (χ4n) is 2.01. The molecule has 1 N–H and O–H groups in total. The molecule has 0 aromatic heterocycles. The normalized spacial score (nSPS) is 12.6. The summed E-state index contributed by atoms with van der Waals surface area (Å²) in [7, 11) is 0. The largest absolute Gasteiger partial charge is 0.508 e. The number of hydrogen-bond donors (Lipinski definition) is 1. The fraction of sp³-hybridized carbons (Fsp3) is 0.600. The first-order valence-corrected chi connectivity index (χ1v) is 6.50. The van der Waals surface area contributed by atoms with Crippen molar-refractivity contribution in [2.75, 3.05) is 0 Å². The molecular weight excluding hydrogens is 196 g/mol. The topological polar surface area (TPSA) is 20.2 Å². The van der Waals surface area contributed by atoms with E-state index in [0.29, 0.717) is 5.75 Å². The van der Waals surface area contributed by atoms with E-state index in [1.54, 1.807) is 12.1 Å². The van der Waals surface area contributed by atoms with Crippen LogP contribution in [0.3, 0.4) is 0 Å². The third-order valence-corrected chi connectivity index (χ3v) is 3.15. The van der Waals surface area contributed by atoms with Crippen LogP contribution in [0.15, 0.2) is 24.3 Å². The Labute approximate surface area is 99.5 Å². The van der Waals surface area contributed by atoms with Crippen LogP contribution >= 0.6 is 0 Å². The summed E-state index contributed by atoms with van der Waals surface area (Å²) in [4.78, 5) is 0. The van der Waals surface area contributed by atoms with Gasteiger partial charge in [-0.3, -0.25) is 0 Å². The molecule has 1 heteroatoms. The number of hydrogen-bond acceptors (Lipinski definition) is 1. The molecule has 1 nitrogen and oxygen atoms in total. The Hall–Kier alpha value is -0.980. The first-order valence-electron chi connectivity index (χ1n) is 6.50. The molecular formula is C15H24O. The van der Waals surface area contributed by atoms with Crippen LogP contribution in [0.5, 0.6) is 5.75 Å². The number of benzene rings is 1. The minimum atomic E-state index is 0.361. The van der Waals surface area contributed by atoms with E-state index in [9.17, 15) is 0 Å². The predicted octanol–water partition coefficient (Wildman–Crippen LogP) is 4.54. The van der Waals surface area contributed by atoms with Gasteiger partial charge in [0.1, 0.15) is 5.75 Å². The monoisotopic (exact) mass is 220 g/mol. The lowest BCUT2D eigenvalue weighted by Crippen LogP contribution is -1.96. The van der Waals surface area contributed by atoms with Crippen molar-refractivity contribution in [3.8, 4) is 5.75 Å². The van der Waals surface area contributed by atoms with Crippen molar-refractivity contribution in [1.82, 2.24) is 0 Å². The molecule has 0 aliphatic carbocycles. The number of phenols is 1. The molecule has 1 atom stereocenters. The molecule has 1 aromatic carbocycles. The number of aryl methyl sites for hydroxylation is 1. The quantitative estimate of drug-likeness (QED) is 0.715. The van der Waals surface area contributed by atoms with Crippen LogP contribution in [0.2, 0.25) is 0 Å². The Morgan fingerprint density at radius 1 is 1.06 bits per heavy atom. The van der Waals surface area contributed by atoms with Crippen LogP contribution in [0.4, 0.5) is 0 Å². The van der Waals surface area contributed by atoms with Crippen molar-refractivity contribution in [3.05, 3.63) is 29.8 Å². The smallest absolute Gasteiger partial charge is 0.115 e. The summed E-state index contributed by atoms with van der Waals surface area (Å²) in [6.45, 7) is 4.61. The van der Waals surface area contributed by atoms with Gasteiger partial charge in [0.25, 0.3) is 0 Å². The molecule has 16 heavy (non-hydrogen) atoms. The van der Waals surface area contributed by atoms with E-state index < -0.39 is 0 Å². The summed E-state index contributed by atoms with van der Waals surface area (Å²) in [6.07, 6.45) is 7.75. The second-order valence-corrected chi connectivity index (χ2v) is 4.81. The zero-order valence-corrected chi connectivity index (χ0v) is 10.6. The SMILES string of the molecule is CCCCC(C)CCCc1ccc(O)cc1. The van der Waals surface area contributed by atoms with Gasteiger partial charge in [-0.05, 0) is 36.5 Å². The van der Waals surface area contributed by atoms with Gasteiger partial charge in [0, 0.05) is 0 Å². The third-order valence-electron chi connectivity index (χ3n) is 3.15. The molecule has 0 heterocycles. The summed E-state index contributed by atoms with van der Waals surface area (Å²) in [5, 5.41) is 9.17. The second-order valence-electron chi connectivity index (χ2n) is 4.81. The van der Waals surface area contributed by atoms with E-state index in [2.05, 4.69) is 13.8 Å². The van der Waals surface area contributed by atoms with Crippen molar-refractivity contribution in [2.45, 2.75) is 52.4 Å². The average Bonchev–Trinajstić information content (AvgIpc) is 2.29. The van der Waals surface area contributed by atoms with Gasteiger partial charge in [-0.25, -0.2) is 0 Å². The van der Waals surface area contributed by atoms with Gasteiger partial charge >= 0.3 is 0 Å². The summed E-state index contributed by atoms with van der Waals surface area (Å²) in [6, 6.07) is 7.59. The van der Waals surface area contributed by atoms with E-state index >= 15 is 0 Å². The zero-order chi connectivity index (χ0) is 11.8. The molecule has 0 radical (unpaired) electrons. The van der Waals surface area contributed by atoms with Crippen LogP contribution < -0.4 is 0 Å². The van der Waals surface area contributed by atoms with Crippen molar-refractivity contribution >= 4 is 0 Å². The summed E-state index contributed by atoms with van der Waals surface area (Å²) >= 11 is 0. The Kier molecular flexibility index (Phi) is 5.99. The minimum Gasteiger partial charge on any atom is -0.508 e. The molecule has 1 unspecified atom stereocenters. The molecule has 1 aromatic rings. The number of rotatable bonds is 7. The van der Waals surface area contributed by atoms with E-state index in [-0.39, 0.29) is 0 Å². The molecule has 0 fully saturated rings. The highest BCUT2D eigenvalue weighted by molar-refractivity contribution is 5.25. The highest BCUT2D eigenvalue weighted by Crippen LogP contribution is 2.17. The fourth-order valence-corrected chi connectivity index (χ4v) is 2.01. The number of phenolic OH excluding ortho intramolecular Hbond substituents is 1. The van der Waals surface area contributed by atoms with Crippen molar-refractivity contribution < 1.29 is 5.11 Å². The number of unbranched alkanes of at least 4 members (excludes halogenated alkanes) is 1. The molecule has 0 saturated heterocycles. The van der Waals surface area contributed by atoms with Gasteiger partial charge in [0.15, 0.2) is 0 Å². The lowest BCUT2D eigenvalue weighted by Gasteiger charge is -2.10. The summed E-state index contributed by atoms with van der Waals surface area (Å²) in [5.41, 5.74) is 1.33. The van der Waals surface area contributed by atoms with Gasteiger partial charge in [-0.15, -0.1) is 0 Å². The maximum atomic E-state index is 9.17. The highest BCUT2D eigenvalue weighted by Gasteiger charge is 2.01. The molecule has 0 saturated carbocycles. The van der Waals surface area contributed by atoms with Gasteiger partial charge < -0.3 is 5.11 Å².